The van der Waals surface area contributed by atoms with Crippen LogP contribution in [-0.4, -0.2) is 31.6 Å². The molecule has 6 nitrogen and oxygen atoms in total. The summed E-state index contributed by atoms with van der Waals surface area (Å²) in [6, 6.07) is 0. The predicted octanol–water partition coefficient (Wildman–Crippen LogP) is 4.49. The molecule has 1 N–H and O–H groups in total. The lowest BCUT2D eigenvalue weighted by Gasteiger charge is -2.20. The van der Waals surface area contributed by atoms with Gasteiger partial charge in [0.15, 0.2) is 5.82 Å². The van der Waals surface area contributed by atoms with Gasteiger partial charge in [-0.2, -0.15) is 0 Å². The zero-order chi connectivity index (χ0) is 17.8. The second kappa shape index (κ2) is 8.49. The lowest BCUT2D eigenvalue weighted by molar-refractivity contribution is -0.393. The molecule has 1 heterocycles. The molecule has 25 heavy (non-hydrogen) atoms. The minimum atomic E-state index is -0.795. The summed E-state index contributed by atoms with van der Waals surface area (Å²) in [5, 5.41) is 21.9. The first kappa shape index (κ1) is 18.6. The summed E-state index contributed by atoms with van der Waals surface area (Å²) < 4.78 is 1.67. The van der Waals surface area contributed by atoms with Gasteiger partial charge < -0.3 is 15.2 Å². The number of alkyl halides is 1. The molecular formula is C18H28ClN3O3. The number of halogens is 1. The third kappa shape index (κ3) is 4.17. The molecule has 0 radical (unpaired) electrons. The molecule has 0 aromatic carbocycles. The first-order chi connectivity index (χ1) is 12.1. The Morgan fingerprint density at radius 2 is 1.68 bits per heavy atom. The van der Waals surface area contributed by atoms with Crippen molar-refractivity contribution in [2.75, 3.05) is 5.88 Å². The second-order valence-corrected chi connectivity index (χ2v) is 7.83. The molecule has 0 saturated heterocycles. The average Bonchev–Trinajstić information content (AvgIpc) is 3.02. The molecule has 1 aromatic rings. The fraction of sp³-hybridized carbons (Fsp3) is 0.833. The van der Waals surface area contributed by atoms with Crippen LogP contribution < -0.4 is 0 Å². The van der Waals surface area contributed by atoms with E-state index in [9.17, 15) is 15.2 Å². The van der Waals surface area contributed by atoms with Crippen molar-refractivity contribution in [3.05, 3.63) is 21.6 Å². The van der Waals surface area contributed by atoms with Crippen molar-refractivity contribution in [3.63, 3.8) is 0 Å². The Hall–Kier alpha value is -1.14. The highest BCUT2D eigenvalue weighted by molar-refractivity contribution is 6.18. The molecule has 2 aliphatic rings. The molecule has 1 aromatic heterocycles. The van der Waals surface area contributed by atoms with Gasteiger partial charge in [-0.25, -0.2) is 9.55 Å². The standard InChI is InChI=1S/C18H28ClN3O3/c19-11-15(23)12-21-17(14-9-5-2-6-10-14)20-16(18(21)22(24)25)13-7-3-1-4-8-13/h13-15,23H,1-12H2. The van der Waals surface area contributed by atoms with Crippen LogP contribution >= 0.6 is 11.6 Å². The predicted molar refractivity (Wildman–Crippen MR) is 97.3 cm³/mol. The third-order valence-electron chi connectivity index (χ3n) is 5.70. The molecule has 2 aliphatic carbocycles. The van der Waals surface area contributed by atoms with Crippen LogP contribution in [0, 0.1) is 10.1 Å². The fourth-order valence-corrected chi connectivity index (χ4v) is 4.53. The van der Waals surface area contributed by atoms with Gasteiger partial charge in [0.05, 0.1) is 5.88 Å². The Kier molecular flexibility index (Phi) is 6.34. The summed E-state index contributed by atoms with van der Waals surface area (Å²) in [5.74, 6) is 1.39. The van der Waals surface area contributed by atoms with E-state index in [0.29, 0.717) is 5.69 Å². The molecule has 2 fully saturated rings. The Morgan fingerprint density at radius 1 is 1.12 bits per heavy atom. The molecule has 2 saturated carbocycles. The van der Waals surface area contributed by atoms with Crippen molar-refractivity contribution in [3.8, 4) is 0 Å². The number of nitro groups is 1. The van der Waals surface area contributed by atoms with Crippen molar-refractivity contribution in [1.82, 2.24) is 9.55 Å². The van der Waals surface area contributed by atoms with Gasteiger partial charge in [-0.3, -0.25) is 0 Å². The first-order valence-corrected chi connectivity index (χ1v) is 10.1. The minimum absolute atomic E-state index is 0.0677. The maximum Gasteiger partial charge on any atom is 0.346 e. The fourth-order valence-electron chi connectivity index (χ4n) is 4.43. The zero-order valence-corrected chi connectivity index (χ0v) is 15.5. The highest BCUT2D eigenvalue weighted by atomic mass is 35.5. The third-order valence-corrected chi connectivity index (χ3v) is 6.06. The smallest absolute Gasteiger partial charge is 0.346 e. The summed E-state index contributed by atoms with van der Waals surface area (Å²) in [7, 11) is 0. The lowest BCUT2D eigenvalue weighted by Crippen LogP contribution is -2.22. The normalized spacial score (nSPS) is 21.4. The molecule has 0 aliphatic heterocycles. The van der Waals surface area contributed by atoms with Gasteiger partial charge >= 0.3 is 5.82 Å². The topological polar surface area (TPSA) is 81.2 Å². The highest BCUT2D eigenvalue weighted by Crippen LogP contribution is 2.41. The number of hydrogen-bond donors (Lipinski definition) is 1. The van der Waals surface area contributed by atoms with E-state index in [1.165, 1.54) is 12.8 Å². The van der Waals surface area contributed by atoms with Gasteiger partial charge in [-0.1, -0.05) is 38.5 Å². The van der Waals surface area contributed by atoms with Crippen LogP contribution in [0.1, 0.15) is 87.6 Å². The van der Waals surface area contributed by atoms with Gasteiger partial charge in [0.25, 0.3) is 0 Å². The number of nitrogens with zero attached hydrogens (tertiary/aromatic N) is 3. The van der Waals surface area contributed by atoms with Crippen molar-refractivity contribution >= 4 is 17.4 Å². The van der Waals surface area contributed by atoms with Gasteiger partial charge in [-0.15, -0.1) is 11.6 Å². The maximum atomic E-state index is 11.9. The number of aliphatic hydroxyl groups is 1. The Bertz CT molecular complexity index is 593. The highest BCUT2D eigenvalue weighted by Gasteiger charge is 2.36. The number of aromatic nitrogens is 2. The summed E-state index contributed by atoms with van der Waals surface area (Å²) >= 11 is 5.77. The number of hydrogen-bond acceptors (Lipinski definition) is 4. The van der Waals surface area contributed by atoms with Crippen molar-refractivity contribution in [2.24, 2.45) is 0 Å². The number of aliphatic hydroxyl groups excluding tert-OH is 1. The molecule has 3 rings (SSSR count). The summed E-state index contributed by atoms with van der Waals surface area (Å²) in [6.45, 7) is 0.158. The van der Waals surface area contributed by atoms with E-state index in [4.69, 9.17) is 16.6 Å². The van der Waals surface area contributed by atoms with Crippen molar-refractivity contribution in [1.29, 1.82) is 0 Å². The van der Waals surface area contributed by atoms with Gasteiger partial charge in [0.1, 0.15) is 18.3 Å². The molecular weight excluding hydrogens is 342 g/mol. The van der Waals surface area contributed by atoms with Crippen LogP contribution in [0.4, 0.5) is 5.82 Å². The van der Waals surface area contributed by atoms with Gasteiger partial charge in [-0.05, 0) is 30.6 Å². The van der Waals surface area contributed by atoms with Crippen LogP contribution in [0.3, 0.4) is 0 Å². The molecule has 1 atom stereocenters. The minimum Gasteiger partial charge on any atom is -0.388 e. The van der Waals surface area contributed by atoms with E-state index in [-0.39, 0.29) is 35.0 Å². The Morgan fingerprint density at radius 3 is 2.20 bits per heavy atom. The average molecular weight is 370 g/mol. The van der Waals surface area contributed by atoms with Gasteiger partial charge in [0.2, 0.25) is 0 Å². The zero-order valence-electron chi connectivity index (χ0n) is 14.7. The Labute approximate surface area is 153 Å². The van der Waals surface area contributed by atoms with Crippen LogP contribution in [0.2, 0.25) is 0 Å². The van der Waals surface area contributed by atoms with E-state index < -0.39 is 6.10 Å². The number of rotatable bonds is 6. The summed E-state index contributed by atoms with van der Waals surface area (Å²) in [6.07, 6.45) is 10.1. The van der Waals surface area contributed by atoms with E-state index in [2.05, 4.69) is 0 Å². The summed E-state index contributed by atoms with van der Waals surface area (Å²) in [4.78, 5) is 16.4. The van der Waals surface area contributed by atoms with E-state index >= 15 is 0 Å². The molecule has 1 unspecified atom stereocenters. The molecule has 0 bridgehead atoms. The first-order valence-electron chi connectivity index (χ1n) is 9.60. The van der Waals surface area contributed by atoms with Crippen LogP contribution in [-0.2, 0) is 6.54 Å². The van der Waals surface area contributed by atoms with Crippen LogP contribution in [0.15, 0.2) is 0 Å². The van der Waals surface area contributed by atoms with E-state index in [1.807, 2.05) is 0 Å². The lowest BCUT2D eigenvalue weighted by atomic mass is 9.87. The van der Waals surface area contributed by atoms with Gasteiger partial charge in [0, 0.05) is 11.8 Å². The van der Waals surface area contributed by atoms with Crippen LogP contribution in [0.25, 0.3) is 0 Å². The molecule has 140 valence electrons. The van der Waals surface area contributed by atoms with Crippen molar-refractivity contribution in [2.45, 2.75) is 88.7 Å². The largest absolute Gasteiger partial charge is 0.388 e. The molecule has 0 spiro atoms. The maximum absolute atomic E-state index is 11.9. The van der Waals surface area contributed by atoms with Crippen molar-refractivity contribution < 1.29 is 10.0 Å². The Balaban J connectivity index is 2.02. The molecule has 7 heteroatoms. The second-order valence-electron chi connectivity index (χ2n) is 7.52. The quantitative estimate of drug-likeness (QED) is 0.455. The van der Waals surface area contributed by atoms with Crippen LogP contribution in [0.5, 0.6) is 0 Å². The van der Waals surface area contributed by atoms with E-state index in [1.54, 1.807) is 4.57 Å². The molecule has 0 amide bonds. The monoisotopic (exact) mass is 369 g/mol. The summed E-state index contributed by atoms with van der Waals surface area (Å²) in [5.41, 5.74) is 0.645. The van der Waals surface area contributed by atoms with E-state index in [0.717, 1.165) is 57.2 Å². The number of imidazole rings is 1. The SMILES string of the molecule is O=[N+]([O-])c1c(C2CCCCC2)nc(C2CCCCC2)n1CC(O)CCl.